The van der Waals surface area contributed by atoms with Gasteiger partial charge in [-0.05, 0) is 35.9 Å². The molecule has 2 heterocycles. The fourth-order valence-electron chi connectivity index (χ4n) is 2.82. The zero-order chi connectivity index (χ0) is 22.7. The average Bonchev–Trinajstić information content (AvgIpc) is 3.39. The highest BCUT2D eigenvalue weighted by molar-refractivity contribution is 6.31. The Kier molecular flexibility index (Phi) is 6.13. The number of nitrogens with zero attached hydrogens (tertiary/aromatic N) is 4. The van der Waals surface area contributed by atoms with Gasteiger partial charge in [0.2, 0.25) is 0 Å². The Labute approximate surface area is 185 Å². The Balaban J connectivity index is 1.35. The molecule has 0 radical (unpaired) electrons. The lowest BCUT2D eigenvalue weighted by Gasteiger charge is -2.07. The lowest BCUT2D eigenvalue weighted by Crippen LogP contribution is -2.14. The van der Waals surface area contributed by atoms with Gasteiger partial charge < -0.3 is 10.1 Å². The monoisotopic (exact) mass is 461 g/mol. The number of anilines is 1. The average molecular weight is 462 g/mol. The molecule has 0 fully saturated rings. The minimum absolute atomic E-state index is 0.0995. The Morgan fingerprint density at radius 3 is 2.62 bits per heavy atom. The van der Waals surface area contributed by atoms with E-state index in [1.54, 1.807) is 16.9 Å². The predicted molar refractivity (Wildman–Crippen MR) is 110 cm³/mol. The van der Waals surface area contributed by atoms with Gasteiger partial charge in [-0.15, -0.1) is 0 Å². The van der Waals surface area contributed by atoms with Crippen molar-refractivity contribution in [3.05, 3.63) is 94.8 Å². The number of amides is 1. The second-order valence-electron chi connectivity index (χ2n) is 6.71. The van der Waals surface area contributed by atoms with Crippen LogP contribution in [0.25, 0.3) is 0 Å². The Morgan fingerprint density at radius 2 is 1.84 bits per heavy atom. The van der Waals surface area contributed by atoms with Gasteiger partial charge >= 0.3 is 0 Å². The maximum Gasteiger partial charge on any atom is 0.276 e. The molecule has 0 bridgehead atoms. The lowest BCUT2D eigenvalue weighted by atomic mass is 10.2. The van der Waals surface area contributed by atoms with Gasteiger partial charge in [0.1, 0.15) is 11.6 Å². The van der Waals surface area contributed by atoms with Crippen LogP contribution in [0.1, 0.15) is 16.1 Å². The first-order valence-electron chi connectivity index (χ1n) is 9.26. The summed E-state index contributed by atoms with van der Waals surface area (Å²) in [6, 6.07) is 8.49. The van der Waals surface area contributed by atoms with Crippen molar-refractivity contribution in [2.24, 2.45) is 0 Å². The molecule has 11 heteroatoms. The van der Waals surface area contributed by atoms with Gasteiger partial charge in [-0.25, -0.2) is 17.9 Å². The number of hydrogen-bond donors (Lipinski definition) is 1. The van der Waals surface area contributed by atoms with Crippen LogP contribution in [0.3, 0.4) is 0 Å². The van der Waals surface area contributed by atoms with Crippen LogP contribution < -0.4 is 10.1 Å². The maximum absolute atomic E-state index is 13.6. The Morgan fingerprint density at radius 1 is 1.06 bits per heavy atom. The summed E-state index contributed by atoms with van der Waals surface area (Å²) in [5, 5.41) is 11.1. The summed E-state index contributed by atoms with van der Waals surface area (Å²) in [4.78, 5) is 12.4. The molecule has 1 amide bonds. The third-order valence-electron chi connectivity index (χ3n) is 4.36. The minimum atomic E-state index is -0.839. The number of nitrogens with one attached hydrogen (secondary N) is 1. The Bertz CT molecular complexity index is 1270. The number of carbonyl (C=O) groups excluding carboxylic acids is 1. The molecule has 0 unspecified atom stereocenters. The summed E-state index contributed by atoms with van der Waals surface area (Å²) < 4.78 is 47.8. The van der Waals surface area contributed by atoms with Crippen LogP contribution in [0.2, 0.25) is 5.02 Å². The van der Waals surface area contributed by atoms with Crippen LogP contribution in [0.4, 0.5) is 18.9 Å². The summed E-state index contributed by atoms with van der Waals surface area (Å²) >= 11 is 6.02. The summed E-state index contributed by atoms with van der Waals surface area (Å²) in [6.07, 6.45) is 4.53. The van der Waals surface area contributed by atoms with Gasteiger partial charge in [-0.1, -0.05) is 17.7 Å². The maximum atomic E-state index is 13.6. The van der Waals surface area contributed by atoms with E-state index >= 15 is 0 Å². The Hall–Kier alpha value is -3.79. The van der Waals surface area contributed by atoms with E-state index < -0.39 is 23.4 Å². The molecule has 164 valence electrons. The van der Waals surface area contributed by atoms with E-state index in [1.165, 1.54) is 41.3 Å². The van der Waals surface area contributed by atoms with Crippen LogP contribution in [-0.4, -0.2) is 25.5 Å². The molecular weight excluding hydrogens is 447 g/mol. The second kappa shape index (κ2) is 9.15. The molecule has 0 saturated carbocycles. The molecule has 32 heavy (non-hydrogen) atoms. The molecular formula is C21H15ClF3N5O2. The molecule has 2 aromatic heterocycles. The number of aromatic nitrogens is 4. The number of benzene rings is 2. The fourth-order valence-corrected chi connectivity index (χ4v) is 3.04. The van der Waals surface area contributed by atoms with E-state index in [0.29, 0.717) is 23.9 Å². The molecule has 0 aliphatic rings. The zero-order valence-corrected chi connectivity index (χ0v) is 17.1. The highest BCUT2D eigenvalue weighted by atomic mass is 35.5. The molecule has 4 rings (SSSR count). The van der Waals surface area contributed by atoms with Gasteiger partial charge in [0.05, 0.1) is 18.4 Å². The number of carbonyl (C=O) groups is 1. The number of ether oxygens (including phenoxy) is 1. The largest absolute Gasteiger partial charge is 0.468 e. The van der Waals surface area contributed by atoms with E-state index in [4.69, 9.17) is 16.3 Å². The van der Waals surface area contributed by atoms with Crippen LogP contribution >= 0.6 is 11.6 Å². The standard InChI is InChI=1S/C21H15ClF3N5O2/c22-17-7-14(23)2-1-13(17)10-30-11-16(9-26-30)27-21(31)19-5-6-29(28-19)12-32-20-4-3-15(24)8-18(20)25/h1-9,11H,10,12H2,(H,27,31). The van der Waals surface area contributed by atoms with Gasteiger partial charge in [0, 0.05) is 23.5 Å². The van der Waals surface area contributed by atoms with Crippen molar-refractivity contribution in [1.29, 1.82) is 0 Å². The highest BCUT2D eigenvalue weighted by Crippen LogP contribution is 2.20. The highest BCUT2D eigenvalue weighted by Gasteiger charge is 2.13. The van der Waals surface area contributed by atoms with Crippen LogP contribution in [-0.2, 0) is 13.3 Å². The number of rotatable bonds is 7. The molecule has 1 N–H and O–H groups in total. The van der Waals surface area contributed by atoms with Gasteiger partial charge in [0.25, 0.3) is 5.91 Å². The summed E-state index contributed by atoms with van der Waals surface area (Å²) in [5.74, 6) is -2.61. The molecule has 7 nitrogen and oxygen atoms in total. The van der Waals surface area contributed by atoms with Gasteiger partial charge in [-0.2, -0.15) is 10.2 Å². The van der Waals surface area contributed by atoms with Crippen LogP contribution in [0.15, 0.2) is 61.1 Å². The van der Waals surface area contributed by atoms with E-state index in [9.17, 15) is 18.0 Å². The summed E-state index contributed by atoms with van der Waals surface area (Å²) in [7, 11) is 0. The lowest BCUT2D eigenvalue weighted by molar-refractivity contribution is 0.102. The van der Waals surface area contributed by atoms with Crippen molar-refractivity contribution in [3.63, 3.8) is 0 Å². The molecule has 0 aliphatic carbocycles. The van der Waals surface area contributed by atoms with Gasteiger partial charge in [-0.3, -0.25) is 9.48 Å². The predicted octanol–water partition coefficient (Wildman–Crippen LogP) is 4.49. The SMILES string of the molecule is O=C(Nc1cnn(Cc2ccc(F)cc2Cl)c1)c1ccn(COc2ccc(F)cc2F)n1. The van der Waals surface area contributed by atoms with Crippen LogP contribution in [0.5, 0.6) is 5.75 Å². The topological polar surface area (TPSA) is 74.0 Å². The molecule has 2 aromatic carbocycles. The minimum Gasteiger partial charge on any atom is -0.468 e. The third kappa shape index (κ3) is 5.09. The molecule has 0 spiro atoms. The van der Waals surface area contributed by atoms with E-state index in [2.05, 4.69) is 15.5 Å². The molecule has 0 atom stereocenters. The summed E-state index contributed by atoms with van der Waals surface area (Å²) in [6.45, 7) is 0.118. The zero-order valence-electron chi connectivity index (χ0n) is 16.3. The first kappa shape index (κ1) is 21.4. The molecule has 4 aromatic rings. The van der Waals surface area contributed by atoms with Crippen molar-refractivity contribution >= 4 is 23.2 Å². The number of halogens is 4. The fraction of sp³-hybridized carbons (Fsp3) is 0.0952. The molecule has 0 aliphatic heterocycles. The van der Waals surface area contributed by atoms with Crippen molar-refractivity contribution in [1.82, 2.24) is 19.6 Å². The normalized spacial score (nSPS) is 10.9. The third-order valence-corrected chi connectivity index (χ3v) is 4.71. The first-order chi connectivity index (χ1) is 15.4. The first-order valence-corrected chi connectivity index (χ1v) is 9.64. The smallest absolute Gasteiger partial charge is 0.276 e. The van der Waals surface area contributed by atoms with E-state index in [0.717, 1.165) is 6.07 Å². The van der Waals surface area contributed by atoms with Crippen molar-refractivity contribution in [3.8, 4) is 5.75 Å². The van der Waals surface area contributed by atoms with Gasteiger partial charge in [0.15, 0.2) is 24.0 Å². The summed E-state index contributed by atoms with van der Waals surface area (Å²) in [5.41, 5.74) is 1.19. The molecule has 0 saturated heterocycles. The van der Waals surface area contributed by atoms with Crippen LogP contribution in [0, 0.1) is 17.5 Å². The van der Waals surface area contributed by atoms with Crippen molar-refractivity contribution < 1.29 is 22.7 Å². The van der Waals surface area contributed by atoms with E-state index in [1.807, 2.05) is 0 Å². The van der Waals surface area contributed by atoms with Crippen molar-refractivity contribution in [2.45, 2.75) is 13.3 Å². The van der Waals surface area contributed by atoms with E-state index in [-0.39, 0.29) is 23.2 Å². The second-order valence-corrected chi connectivity index (χ2v) is 7.11. The van der Waals surface area contributed by atoms with Crippen molar-refractivity contribution in [2.75, 3.05) is 5.32 Å². The number of hydrogen-bond acceptors (Lipinski definition) is 4. The quantitative estimate of drug-likeness (QED) is 0.440.